The third-order valence-corrected chi connectivity index (χ3v) is 4.62. The van der Waals surface area contributed by atoms with Gasteiger partial charge >= 0.3 is 0 Å². The Hall–Kier alpha value is -1.18. The molecule has 7 heteroatoms. The van der Waals surface area contributed by atoms with Crippen molar-refractivity contribution in [1.82, 2.24) is 0 Å². The lowest BCUT2D eigenvalue weighted by atomic mass is 10.3. The molecular weight excluding hydrogens is 283 g/mol. The van der Waals surface area contributed by atoms with Crippen LogP contribution in [-0.2, 0) is 14.8 Å². The molecule has 114 valence electrons. The topological polar surface area (TPSA) is 72.6 Å². The number of sulfonamides is 1. The van der Waals surface area contributed by atoms with Crippen molar-refractivity contribution in [3.63, 3.8) is 0 Å². The Balaban J connectivity index is 2.93. The largest absolute Gasteiger partial charge is 0.385 e. The van der Waals surface area contributed by atoms with Gasteiger partial charge in [0.15, 0.2) is 0 Å². The van der Waals surface area contributed by atoms with Gasteiger partial charge in [-0.25, -0.2) is 12.8 Å². The lowest BCUT2D eigenvalue weighted by molar-refractivity contribution is 0.199. The molecule has 0 spiro atoms. The minimum Gasteiger partial charge on any atom is -0.385 e. The van der Waals surface area contributed by atoms with Gasteiger partial charge in [0.2, 0.25) is 10.0 Å². The van der Waals surface area contributed by atoms with Crippen LogP contribution >= 0.6 is 0 Å². The molecule has 0 aliphatic carbocycles. The maximum Gasteiger partial charge on any atom is 0.235 e. The summed E-state index contributed by atoms with van der Waals surface area (Å²) in [7, 11) is -1.99. The van der Waals surface area contributed by atoms with Crippen LogP contribution in [0.15, 0.2) is 24.3 Å². The second-order valence-electron chi connectivity index (χ2n) is 4.36. The molecule has 0 saturated heterocycles. The Bertz CT molecular complexity index is 508. The first-order chi connectivity index (χ1) is 9.51. The van der Waals surface area contributed by atoms with Crippen LogP contribution in [0, 0.1) is 5.82 Å². The smallest absolute Gasteiger partial charge is 0.235 e. The number of halogens is 1. The Morgan fingerprint density at radius 3 is 2.70 bits per heavy atom. The average Bonchev–Trinajstić information content (AvgIpc) is 2.39. The standard InChI is InChI=1S/C13H21FN2O3S/c1-19-9-4-10-20(17,18)16(8-3-7-15)13-6-2-5-12(14)11-13/h2,5-6,11H,3-4,7-10,15H2,1H3. The zero-order chi connectivity index (χ0) is 15.0. The lowest BCUT2D eigenvalue weighted by Crippen LogP contribution is -2.35. The highest BCUT2D eigenvalue weighted by Gasteiger charge is 2.22. The van der Waals surface area contributed by atoms with Gasteiger partial charge in [0.25, 0.3) is 0 Å². The van der Waals surface area contributed by atoms with E-state index in [1.165, 1.54) is 29.6 Å². The molecule has 1 rings (SSSR count). The van der Waals surface area contributed by atoms with Crippen molar-refractivity contribution in [3.8, 4) is 0 Å². The summed E-state index contributed by atoms with van der Waals surface area (Å²) < 4.78 is 44.0. The minimum absolute atomic E-state index is 0.0398. The molecule has 0 aliphatic rings. The Labute approximate surface area is 119 Å². The normalized spacial score (nSPS) is 11.6. The Kier molecular flexibility index (Phi) is 6.90. The molecule has 0 unspecified atom stereocenters. The highest BCUT2D eigenvalue weighted by atomic mass is 32.2. The number of hydrogen-bond acceptors (Lipinski definition) is 4. The summed E-state index contributed by atoms with van der Waals surface area (Å²) >= 11 is 0. The number of anilines is 1. The fourth-order valence-corrected chi connectivity index (χ4v) is 3.34. The van der Waals surface area contributed by atoms with Gasteiger partial charge in [0, 0.05) is 20.3 Å². The molecule has 0 aromatic heterocycles. The predicted octanol–water partition coefficient (Wildman–Crippen LogP) is 1.35. The molecule has 0 atom stereocenters. The number of nitrogens with two attached hydrogens (primary N) is 1. The lowest BCUT2D eigenvalue weighted by Gasteiger charge is -2.24. The van der Waals surface area contributed by atoms with Gasteiger partial charge in [-0.2, -0.15) is 0 Å². The summed E-state index contributed by atoms with van der Waals surface area (Å²) in [6.45, 7) is 0.988. The average molecular weight is 304 g/mol. The molecule has 1 aromatic rings. The maximum absolute atomic E-state index is 13.3. The van der Waals surface area contributed by atoms with Crippen LogP contribution in [0.5, 0.6) is 0 Å². The van der Waals surface area contributed by atoms with Crippen LogP contribution in [0.2, 0.25) is 0 Å². The van der Waals surface area contributed by atoms with Crippen LogP contribution in [0.3, 0.4) is 0 Å². The second-order valence-corrected chi connectivity index (χ2v) is 6.37. The van der Waals surface area contributed by atoms with Gasteiger partial charge in [0.1, 0.15) is 5.82 Å². The van der Waals surface area contributed by atoms with E-state index in [0.29, 0.717) is 31.7 Å². The van der Waals surface area contributed by atoms with E-state index in [2.05, 4.69) is 0 Å². The van der Waals surface area contributed by atoms with Crippen molar-refractivity contribution in [3.05, 3.63) is 30.1 Å². The molecule has 2 N–H and O–H groups in total. The van der Waals surface area contributed by atoms with Crippen LogP contribution < -0.4 is 10.0 Å². The molecule has 0 saturated carbocycles. The van der Waals surface area contributed by atoms with Crippen LogP contribution in [-0.4, -0.2) is 41.0 Å². The van der Waals surface area contributed by atoms with Crippen molar-refractivity contribution < 1.29 is 17.5 Å². The summed E-state index contributed by atoms with van der Waals surface area (Å²) in [5.74, 6) is -0.505. The number of methoxy groups -OCH3 is 1. The Morgan fingerprint density at radius 2 is 2.10 bits per heavy atom. The summed E-state index contributed by atoms with van der Waals surface area (Å²) in [6, 6.07) is 5.56. The molecular formula is C13H21FN2O3S. The van der Waals surface area contributed by atoms with Gasteiger partial charge < -0.3 is 10.5 Å². The quantitative estimate of drug-likeness (QED) is 0.699. The van der Waals surface area contributed by atoms with Crippen molar-refractivity contribution in [2.75, 3.05) is 36.9 Å². The second kappa shape index (κ2) is 8.18. The summed E-state index contributed by atoms with van der Waals surface area (Å²) in [5, 5.41) is 0. The molecule has 5 nitrogen and oxygen atoms in total. The van der Waals surface area contributed by atoms with Crippen LogP contribution in [0.25, 0.3) is 0 Å². The van der Waals surface area contributed by atoms with Crippen LogP contribution in [0.1, 0.15) is 12.8 Å². The molecule has 0 amide bonds. The summed E-state index contributed by atoms with van der Waals surface area (Å²) in [6.07, 6.45) is 0.910. The zero-order valence-electron chi connectivity index (χ0n) is 11.6. The molecule has 1 aromatic carbocycles. The molecule has 0 bridgehead atoms. The summed E-state index contributed by atoms with van der Waals surface area (Å²) in [5.41, 5.74) is 5.76. The first-order valence-electron chi connectivity index (χ1n) is 6.46. The first kappa shape index (κ1) is 16.9. The SMILES string of the molecule is COCCCS(=O)(=O)N(CCCN)c1cccc(F)c1. The van der Waals surface area contributed by atoms with Crippen LogP contribution in [0.4, 0.5) is 10.1 Å². The van der Waals surface area contributed by atoms with Gasteiger partial charge in [-0.3, -0.25) is 4.31 Å². The van der Waals surface area contributed by atoms with E-state index in [-0.39, 0.29) is 12.3 Å². The van der Waals surface area contributed by atoms with Gasteiger partial charge in [-0.1, -0.05) is 6.07 Å². The minimum atomic E-state index is -3.51. The van der Waals surface area contributed by atoms with E-state index in [1.807, 2.05) is 0 Å². The number of benzene rings is 1. The van der Waals surface area contributed by atoms with Gasteiger partial charge in [-0.15, -0.1) is 0 Å². The maximum atomic E-state index is 13.3. The van der Waals surface area contributed by atoms with Gasteiger partial charge in [0.05, 0.1) is 11.4 Å². The number of rotatable bonds is 9. The molecule has 20 heavy (non-hydrogen) atoms. The van der Waals surface area contributed by atoms with E-state index < -0.39 is 15.8 Å². The third kappa shape index (κ3) is 5.07. The zero-order valence-corrected chi connectivity index (χ0v) is 12.4. The van der Waals surface area contributed by atoms with Crippen molar-refractivity contribution in [2.45, 2.75) is 12.8 Å². The highest BCUT2D eigenvalue weighted by molar-refractivity contribution is 7.92. The molecule has 0 radical (unpaired) electrons. The molecule has 0 aliphatic heterocycles. The number of ether oxygens (including phenoxy) is 1. The first-order valence-corrected chi connectivity index (χ1v) is 8.07. The van der Waals surface area contributed by atoms with E-state index in [1.54, 1.807) is 6.07 Å². The van der Waals surface area contributed by atoms with E-state index in [9.17, 15) is 12.8 Å². The van der Waals surface area contributed by atoms with Crippen molar-refractivity contribution in [1.29, 1.82) is 0 Å². The number of hydrogen-bond donors (Lipinski definition) is 1. The fourth-order valence-electron chi connectivity index (χ4n) is 1.79. The fraction of sp³-hybridized carbons (Fsp3) is 0.538. The monoisotopic (exact) mass is 304 g/mol. The summed E-state index contributed by atoms with van der Waals surface area (Å²) in [4.78, 5) is 0. The Morgan fingerprint density at radius 1 is 1.35 bits per heavy atom. The highest BCUT2D eigenvalue weighted by Crippen LogP contribution is 2.20. The molecule has 0 fully saturated rings. The van der Waals surface area contributed by atoms with E-state index in [4.69, 9.17) is 10.5 Å². The van der Waals surface area contributed by atoms with E-state index >= 15 is 0 Å². The predicted molar refractivity (Wildman–Crippen MR) is 77.7 cm³/mol. The van der Waals surface area contributed by atoms with E-state index in [0.717, 1.165) is 0 Å². The van der Waals surface area contributed by atoms with Crippen molar-refractivity contribution in [2.24, 2.45) is 5.73 Å². The molecule has 0 heterocycles. The third-order valence-electron chi connectivity index (χ3n) is 2.75. The number of nitrogens with zero attached hydrogens (tertiary/aromatic N) is 1. The van der Waals surface area contributed by atoms with Gasteiger partial charge in [-0.05, 0) is 37.6 Å². The van der Waals surface area contributed by atoms with Crippen molar-refractivity contribution >= 4 is 15.7 Å².